The number of hydrogen-bond acceptors (Lipinski definition) is 6. The average molecular weight is 385 g/mol. The van der Waals surface area contributed by atoms with Crippen molar-refractivity contribution in [2.24, 2.45) is 7.05 Å². The summed E-state index contributed by atoms with van der Waals surface area (Å²) in [5.74, 6) is 1.30. The van der Waals surface area contributed by atoms with Crippen LogP contribution in [0.4, 0.5) is 5.69 Å². The molecule has 0 saturated carbocycles. The smallest absolute Gasteiger partial charge is 0.251 e. The molecular formula is C18H19N5O3S. The van der Waals surface area contributed by atoms with Crippen LogP contribution in [0, 0.1) is 6.92 Å². The molecule has 0 bridgehead atoms. The highest BCUT2D eigenvalue weighted by molar-refractivity contribution is 7.99. The van der Waals surface area contributed by atoms with E-state index in [2.05, 4.69) is 20.8 Å². The summed E-state index contributed by atoms with van der Waals surface area (Å²) in [5, 5.41) is 14.3. The van der Waals surface area contributed by atoms with E-state index in [-0.39, 0.29) is 17.6 Å². The number of amides is 2. The van der Waals surface area contributed by atoms with Crippen LogP contribution in [0.15, 0.2) is 46.2 Å². The minimum atomic E-state index is -0.172. The highest BCUT2D eigenvalue weighted by Crippen LogP contribution is 2.25. The highest BCUT2D eigenvalue weighted by Gasteiger charge is 2.16. The highest BCUT2D eigenvalue weighted by atomic mass is 32.2. The maximum absolute atomic E-state index is 12.2. The minimum absolute atomic E-state index is 0.170. The van der Waals surface area contributed by atoms with E-state index in [1.54, 1.807) is 37.6 Å². The molecule has 0 saturated heterocycles. The molecular weight excluding hydrogens is 366 g/mol. The summed E-state index contributed by atoms with van der Waals surface area (Å²) >= 11 is 1.29. The molecule has 1 aromatic carbocycles. The lowest BCUT2D eigenvalue weighted by atomic mass is 10.2. The molecule has 3 aromatic rings. The van der Waals surface area contributed by atoms with Crippen molar-refractivity contribution in [3.63, 3.8) is 0 Å². The van der Waals surface area contributed by atoms with Crippen molar-refractivity contribution in [3.8, 4) is 11.4 Å². The fourth-order valence-corrected chi connectivity index (χ4v) is 3.18. The van der Waals surface area contributed by atoms with E-state index in [9.17, 15) is 9.59 Å². The second-order valence-corrected chi connectivity index (χ2v) is 6.69. The van der Waals surface area contributed by atoms with Gasteiger partial charge in [-0.05, 0) is 37.3 Å². The molecule has 0 radical (unpaired) electrons. The molecule has 0 fully saturated rings. The van der Waals surface area contributed by atoms with E-state index in [1.165, 1.54) is 11.8 Å². The van der Waals surface area contributed by atoms with Crippen LogP contribution >= 0.6 is 11.8 Å². The van der Waals surface area contributed by atoms with Gasteiger partial charge in [0.2, 0.25) is 5.91 Å². The summed E-state index contributed by atoms with van der Waals surface area (Å²) in [7, 11) is 3.42. The standard InChI is InChI=1S/C18H19N5O3S/c1-11-14(8-9-26-11)16-21-22-18(23(16)3)27-10-15(24)20-13-6-4-12(5-7-13)17(25)19-2/h4-9H,10H2,1-3H3,(H,19,25)(H,20,24). The van der Waals surface area contributed by atoms with Gasteiger partial charge in [0, 0.05) is 25.3 Å². The van der Waals surface area contributed by atoms with Gasteiger partial charge in [0.25, 0.3) is 5.91 Å². The predicted octanol–water partition coefficient (Wildman–Crippen LogP) is 2.47. The molecule has 2 aromatic heterocycles. The SMILES string of the molecule is CNC(=O)c1ccc(NC(=O)CSc2nnc(-c3ccoc3C)n2C)cc1. The van der Waals surface area contributed by atoms with Crippen molar-refractivity contribution in [2.45, 2.75) is 12.1 Å². The van der Waals surface area contributed by atoms with Crippen molar-refractivity contribution in [1.29, 1.82) is 0 Å². The van der Waals surface area contributed by atoms with Crippen LogP contribution in [0.3, 0.4) is 0 Å². The average Bonchev–Trinajstić information content (AvgIpc) is 3.25. The van der Waals surface area contributed by atoms with Gasteiger partial charge in [-0.1, -0.05) is 11.8 Å². The first-order chi connectivity index (χ1) is 13.0. The number of aryl methyl sites for hydroxylation is 1. The predicted molar refractivity (Wildman–Crippen MR) is 103 cm³/mol. The van der Waals surface area contributed by atoms with Gasteiger partial charge in [0.15, 0.2) is 11.0 Å². The molecule has 8 nitrogen and oxygen atoms in total. The Morgan fingerprint density at radius 3 is 2.56 bits per heavy atom. The van der Waals surface area contributed by atoms with Gasteiger partial charge in [0.05, 0.1) is 17.6 Å². The van der Waals surface area contributed by atoms with E-state index >= 15 is 0 Å². The maximum Gasteiger partial charge on any atom is 0.251 e. The molecule has 3 rings (SSSR count). The third-order valence-corrected chi connectivity index (χ3v) is 4.95. The lowest BCUT2D eigenvalue weighted by Crippen LogP contribution is -2.18. The maximum atomic E-state index is 12.2. The molecule has 2 N–H and O–H groups in total. The molecule has 2 amide bonds. The number of nitrogens with one attached hydrogen (secondary N) is 2. The number of hydrogen-bond donors (Lipinski definition) is 2. The number of anilines is 1. The zero-order valence-corrected chi connectivity index (χ0v) is 16.0. The first-order valence-electron chi connectivity index (χ1n) is 8.18. The molecule has 27 heavy (non-hydrogen) atoms. The molecule has 2 heterocycles. The topological polar surface area (TPSA) is 102 Å². The van der Waals surface area contributed by atoms with Gasteiger partial charge >= 0.3 is 0 Å². The van der Waals surface area contributed by atoms with Gasteiger partial charge in [-0.25, -0.2) is 0 Å². The summed E-state index contributed by atoms with van der Waals surface area (Å²) in [6.07, 6.45) is 1.61. The van der Waals surface area contributed by atoms with Crippen LogP contribution in [0.5, 0.6) is 0 Å². The van der Waals surface area contributed by atoms with Crippen molar-refractivity contribution in [3.05, 3.63) is 47.9 Å². The van der Waals surface area contributed by atoms with Crippen molar-refractivity contribution >= 4 is 29.3 Å². The number of nitrogens with zero attached hydrogens (tertiary/aromatic N) is 3. The number of rotatable bonds is 6. The number of furan rings is 1. The quantitative estimate of drug-likeness (QED) is 0.632. The fraction of sp³-hybridized carbons (Fsp3) is 0.222. The number of thioether (sulfide) groups is 1. The number of aromatic nitrogens is 3. The Labute approximate surface area is 160 Å². The fourth-order valence-electron chi connectivity index (χ4n) is 2.47. The van der Waals surface area contributed by atoms with Gasteiger partial charge < -0.3 is 19.6 Å². The molecule has 0 aliphatic rings. The summed E-state index contributed by atoms with van der Waals surface area (Å²) in [4.78, 5) is 23.7. The summed E-state index contributed by atoms with van der Waals surface area (Å²) < 4.78 is 7.13. The zero-order chi connectivity index (χ0) is 19.4. The van der Waals surface area contributed by atoms with Crippen LogP contribution in [-0.2, 0) is 11.8 Å². The van der Waals surface area contributed by atoms with Crippen molar-refractivity contribution in [1.82, 2.24) is 20.1 Å². The molecule has 9 heteroatoms. The molecule has 0 atom stereocenters. The molecule has 140 valence electrons. The van der Waals surface area contributed by atoms with E-state index in [4.69, 9.17) is 4.42 Å². The minimum Gasteiger partial charge on any atom is -0.469 e. The van der Waals surface area contributed by atoms with Crippen molar-refractivity contribution < 1.29 is 14.0 Å². The van der Waals surface area contributed by atoms with Crippen LogP contribution < -0.4 is 10.6 Å². The Morgan fingerprint density at radius 2 is 1.93 bits per heavy atom. The number of benzene rings is 1. The molecule has 0 spiro atoms. The third kappa shape index (κ3) is 4.20. The van der Waals surface area contributed by atoms with Gasteiger partial charge in [-0.3, -0.25) is 9.59 Å². The van der Waals surface area contributed by atoms with Crippen LogP contribution in [-0.4, -0.2) is 39.4 Å². The van der Waals surface area contributed by atoms with Crippen molar-refractivity contribution in [2.75, 3.05) is 18.1 Å². The second kappa shape index (κ2) is 8.09. The van der Waals surface area contributed by atoms with Crippen LogP contribution in [0.1, 0.15) is 16.1 Å². The van der Waals surface area contributed by atoms with Crippen LogP contribution in [0.25, 0.3) is 11.4 Å². The van der Waals surface area contributed by atoms with E-state index in [1.807, 2.05) is 24.6 Å². The second-order valence-electron chi connectivity index (χ2n) is 5.75. The van der Waals surface area contributed by atoms with Crippen LogP contribution in [0.2, 0.25) is 0 Å². The Hall–Kier alpha value is -3.07. The number of carbonyl (C=O) groups is 2. The molecule has 0 aliphatic carbocycles. The number of carbonyl (C=O) groups excluding carboxylic acids is 2. The van der Waals surface area contributed by atoms with Gasteiger partial charge in [-0.2, -0.15) is 0 Å². The lowest BCUT2D eigenvalue weighted by molar-refractivity contribution is -0.113. The Kier molecular flexibility index (Phi) is 5.60. The Balaban J connectivity index is 1.59. The monoisotopic (exact) mass is 385 g/mol. The third-order valence-electron chi connectivity index (χ3n) is 3.92. The van der Waals surface area contributed by atoms with Gasteiger partial charge in [0.1, 0.15) is 5.76 Å². The first-order valence-corrected chi connectivity index (χ1v) is 9.17. The molecule has 0 aliphatic heterocycles. The Bertz CT molecular complexity index is 962. The summed E-state index contributed by atoms with van der Waals surface area (Å²) in [6, 6.07) is 8.53. The largest absolute Gasteiger partial charge is 0.469 e. The lowest BCUT2D eigenvalue weighted by Gasteiger charge is -2.06. The van der Waals surface area contributed by atoms with E-state index in [0.29, 0.717) is 22.2 Å². The normalized spacial score (nSPS) is 10.6. The Morgan fingerprint density at radius 1 is 1.19 bits per heavy atom. The van der Waals surface area contributed by atoms with Gasteiger partial charge in [-0.15, -0.1) is 10.2 Å². The van der Waals surface area contributed by atoms with E-state index in [0.717, 1.165) is 11.3 Å². The summed E-state index contributed by atoms with van der Waals surface area (Å²) in [5.41, 5.74) is 2.03. The zero-order valence-electron chi connectivity index (χ0n) is 15.1. The first kappa shape index (κ1) is 18.7. The molecule has 0 unspecified atom stereocenters. The van der Waals surface area contributed by atoms with E-state index < -0.39 is 0 Å². The summed E-state index contributed by atoms with van der Waals surface area (Å²) in [6.45, 7) is 1.86.